The molecule has 0 spiro atoms. The standard InChI is InChI=1S/C15H17N5O2S2/c1-10-4-3-5-11(8-10)13-17-12(20-22-13)9-23-15-19-18-14(24-15)16-6-7-21-2/h3-5,8H,6-7,9H2,1-2H3,(H,16,18). The maximum absolute atomic E-state index is 5.33. The number of anilines is 1. The van der Waals surface area contributed by atoms with E-state index in [9.17, 15) is 0 Å². The molecule has 9 heteroatoms. The van der Waals surface area contributed by atoms with Crippen LogP contribution < -0.4 is 5.32 Å². The first kappa shape index (κ1) is 16.9. The van der Waals surface area contributed by atoms with Crippen molar-refractivity contribution in [3.8, 4) is 11.5 Å². The minimum atomic E-state index is 0.536. The van der Waals surface area contributed by atoms with Gasteiger partial charge in [0.1, 0.15) is 0 Å². The summed E-state index contributed by atoms with van der Waals surface area (Å²) in [4.78, 5) is 4.43. The highest BCUT2D eigenvalue weighted by molar-refractivity contribution is 8.00. The molecule has 0 radical (unpaired) electrons. The molecule has 1 aromatic carbocycles. The largest absolute Gasteiger partial charge is 0.383 e. The average Bonchev–Trinajstić information content (AvgIpc) is 3.22. The zero-order valence-electron chi connectivity index (χ0n) is 13.4. The second-order valence-electron chi connectivity index (χ2n) is 4.97. The lowest BCUT2D eigenvalue weighted by Gasteiger charge is -1.98. The van der Waals surface area contributed by atoms with E-state index in [2.05, 4.69) is 25.7 Å². The highest BCUT2D eigenvalue weighted by atomic mass is 32.2. The summed E-state index contributed by atoms with van der Waals surface area (Å²) in [6, 6.07) is 7.99. The van der Waals surface area contributed by atoms with E-state index in [0.717, 1.165) is 20.6 Å². The molecule has 0 aliphatic carbocycles. The molecule has 1 N–H and O–H groups in total. The summed E-state index contributed by atoms with van der Waals surface area (Å²) in [5, 5.41) is 16.2. The summed E-state index contributed by atoms with van der Waals surface area (Å²) in [5.41, 5.74) is 2.09. The molecule has 0 aliphatic rings. The van der Waals surface area contributed by atoms with Crippen LogP contribution in [-0.2, 0) is 10.5 Å². The van der Waals surface area contributed by atoms with Crippen LogP contribution in [0.3, 0.4) is 0 Å². The molecule has 3 aromatic rings. The van der Waals surface area contributed by atoms with Gasteiger partial charge in [0.25, 0.3) is 5.89 Å². The summed E-state index contributed by atoms with van der Waals surface area (Å²) < 4.78 is 11.2. The van der Waals surface area contributed by atoms with Crippen LogP contribution in [0, 0.1) is 6.92 Å². The maximum Gasteiger partial charge on any atom is 0.257 e. The van der Waals surface area contributed by atoms with Crippen molar-refractivity contribution >= 4 is 28.2 Å². The van der Waals surface area contributed by atoms with Crippen molar-refractivity contribution in [3.05, 3.63) is 35.7 Å². The third-order valence-corrected chi connectivity index (χ3v) is 5.06. The van der Waals surface area contributed by atoms with Gasteiger partial charge < -0.3 is 14.6 Å². The number of rotatable bonds is 8. The Morgan fingerprint density at radius 1 is 1.33 bits per heavy atom. The van der Waals surface area contributed by atoms with Gasteiger partial charge in [0.2, 0.25) is 5.13 Å². The Balaban J connectivity index is 1.56. The smallest absolute Gasteiger partial charge is 0.257 e. The Labute approximate surface area is 147 Å². The van der Waals surface area contributed by atoms with Gasteiger partial charge in [0, 0.05) is 19.2 Å². The Bertz CT molecular complexity index is 790. The summed E-state index contributed by atoms with van der Waals surface area (Å²) in [6.45, 7) is 3.37. The number of hydrogen-bond acceptors (Lipinski definition) is 9. The second kappa shape index (κ2) is 8.22. The molecule has 0 bridgehead atoms. The molecular weight excluding hydrogens is 346 g/mol. The van der Waals surface area contributed by atoms with E-state index in [1.54, 1.807) is 7.11 Å². The van der Waals surface area contributed by atoms with Gasteiger partial charge in [-0.05, 0) is 19.1 Å². The van der Waals surface area contributed by atoms with E-state index >= 15 is 0 Å². The normalized spacial score (nSPS) is 10.9. The monoisotopic (exact) mass is 363 g/mol. The molecule has 0 saturated heterocycles. The number of thioether (sulfide) groups is 1. The Morgan fingerprint density at radius 3 is 3.08 bits per heavy atom. The summed E-state index contributed by atoms with van der Waals surface area (Å²) in [6.07, 6.45) is 0. The molecule has 7 nitrogen and oxygen atoms in total. The van der Waals surface area contributed by atoms with Crippen molar-refractivity contribution in [2.45, 2.75) is 17.0 Å². The zero-order chi connectivity index (χ0) is 16.8. The number of aromatic nitrogens is 4. The van der Waals surface area contributed by atoms with Crippen molar-refractivity contribution in [1.82, 2.24) is 20.3 Å². The van der Waals surface area contributed by atoms with E-state index in [-0.39, 0.29) is 0 Å². The Kier molecular flexibility index (Phi) is 5.78. The molecule has 24 heavy (non-hydrogen) atoms. The third-order valence-electron chi connectivity index (χ3n) is 3.05. The van der Waals surface area contributed by atoms with E-state index in [4.69, 9.17) is 9.26 Å². The number of methoxy groups -OCH3 is 1. The molecule has 0 aliphatic heterocycles. The summed E-state index contributed by atoms with van der Waals surface area (Å²) in [5.74, 6) is 1.76. The second-order valence-corrected chi connectivity index (χ2v) is 7.17. The molecule has 0 saturated carbocycles. The zero-order valence-corrected chi connectivity index (χ0v) is 15.0. The molecular formula is C15H17N5O2S2. The minimum absolute atomic E-state index is 0.536. The lowest BCUT2D eigenvalue weighted by molar-refractivity contribution is 0.211. The Hall–Kier alpha value is -1.97. The number of nitrogens with zero attached hydrogens (tertiary/aromatic N) is 4. The molecule has 126 valence electrons. The fraction of sp³-hybridized carbons (Fsp3) is 0.333. The van der Waals surface area contributed by atoms with Gasteiger partial charge in [0.05, 0.1) is 12.4 Å². The van der Waals surface area contributed by atoms with E-state index in [1.165, 1.54) is 23.1 Å². The van der Waals surface area contributed by atoms with Crippen molar-refractivity contribution < 1.29 is 9.26 Å². The number of benzene rings is 1. The number of aryl methyl sites for hydroxylation is 1. The van der Waals surface area contributed by atoms with E-state index < -0.39 is 0 Å². The van der Waals surface area contributed by atoms with Crippen LogP contribution in [0.1, 0.15) is 11.4 Å². The van der Waals surface area contributed by atoms with Gasteiger partial charge in [-0.1, -0.05) is 46.0 Å². The third kappa shape index (κ3) is 4.53. The SMILES string of the molecule is COCCNc1nnc(SCc2noc(-c3cccc(C)c3)n2)s1. The first-order valence-corrected chi connectivity index (χ1v) is 9.13. The van der Waals surface area contributed by atoms with Gasteiger partial charge in [-0.15, -0.1) is 10.2 Å². The molecule has 0 unspecified atom stereocenters. The molecule has 3 rings (SSSR count). The lowest BCUT2D eigenvalue weighted by Crippen LogP contribution is -2.06. The van der Waals surface area contributed by atoms with Gasteiger partial charge in [0.15, 0.2) is 10.2 Å². The number of nitrogens with one attached hydrogen (secondary N) is 1. The molecule has 0 fully saturated rings. The minimum Gasteiger partial charge on any atom is -0.383 e. The van der Waals surface area contributed by atoms with Crippen molar-refractivity contribution in [2.24, 2.45) is 0 Å². The van der Waals surface area contributed by atoms with Crippen LogP contribution in [-0.4, -0.2) is 40.6 Å². The summed E-state index contributed by atoms with van der Waals surface area (Å²) in [7, 11) is 1.67. The van der Waals surface area contributed by atoms with E-state index in [1.807, 2.05) is 31.2 Å². The van der Waals surface area contributed by atoms with Crippen molar-refractivity contribution in [1.29, 1.82) is 0 Å². The van der Waals surface area contributed by atoms with Gasteiger partial charge in [-0.25, -0.2) is 0 Å². The van der Waals surface area contributed by atoms with Crippen LogP contribution in [0.5, 0.6) is 0 Å². The highest BCUT2D eigenvalue weighted by Gasteiger charge is 2.11. The molecule has 2 heterocycles. The highest BCUT2D eigenvalue weighted by Crippen LogP contribution is 2.28. The predicted octanol–water partition coefficient (Wildman–Crippen LogP) is 3.25. The van der Waals surface area contributed by atoms with E-state index in [0.29, 0.717) is 30.6 Å². The van der Waals surface area contributed by atoms with Gasteiger partial charge in [-0.3, -0.25) is 0 Å². The summed E-state index contributed by atoms with van der Waals surface area (Å²) >= 11 is 3.03. The van der Waals surface area contributed by atoms with Crippen LogP contribution in [0.4, 0.5) is 5.13 Å². The van der Waals surface area contributed by atoms with Gasteiger partial charge in [-0.2, -0.15) is 4.98 Å². The van der Waals surface area contributed by atoms with Crippen LogP contribution in [0.2, 0.25) is 0 Å². The molecule has 0 atom stereocenters. The number of hydrogen-bond donors (Lipinski definition) is 1. The van der Waals surface area contributed by atoms with Crippen LogP contribution in [0.25, 0.3) is 11.5 Å². The van der Waals surface area contributed by atoms with Crippen molar-refractivity contribution in [2.75, 3.05) is 25.6 Å². The topological polar surface area (TPSA) is 86.0 Å². The first-order chi connectivity index (χ1) is 11.7. The van der Waals surface area contributed by atoms with Crippen LogP contribution >= 0.6 is 23.1 Å². The maximum atomic E-state index is 5.33. The quantitative estimate of drug-likeness (QED) is 0.482. The lowest BCUT2D eigenvalue weighted by atomic mass is 10.1. The molecule has 2 aromatic heterocycles. The average molecular weight is 363 g/mol. The predicted molar refractivity (Wildman–Crippen MR) is 94.3 cm³/mol. The van der Waals surface area contributed by atoms with Gasteiger partial charge >= 0.3 is 0 Å². The number of ether oxygens (including phenoxy) is 1. The molecule has 0 amide bonds. The Morgan fingerprint density at radius 2 is 2.25 bits per heavy atom. The van der Waals surface area contributed by atoms with Crippen LogP contribution in [0.15, 0.2) is 33.1 Å². The fourth-order valence-corrected chi connectivity index (χ4v) is 3.55. The fourth-order valence-electron chi connectivity index (χ4n) is 1.93. The first-order valence-electron chi connectivity index (χ1n) is 7.33. The van der Waals surface area contributed by atoms with Crippen molar-refractivity contribution in [3.63, 3.8) is 0 Å².